The summed E-state index contributed by atoms with van der Waals surface area (Å²) in [6.07, 6.45) is 0.957. The molecule has 0 aliphatic rings. The van der Waals surface area contributed by atoms with Crippen LogP contribution in [0.25, 0.3) is 0 Å². The summed E-state index contributed by atoms with van der Waals surface area (Å²) >= 11 is 0. The van der Waals surface area contributed by atoms with Gasteiger partial charge in [-0.25, -0.2) is 8.42 Å². The number of benzene rings is 4. The Morgan fingerprint density at radius 1 is 0.804 bits per heavy atom. The summed E-state index contributed by atoms with van der Waals surface area (Å²) in [5.41, 5.74) is 1.92. The molecule has 0 aliphatic carbocycles. The van der Waals surface area contributed by atoms with Crippen molar-refractivity contribution in [1.29, 1.82) is 0 Å². The van der Waals surface area contributed by atoms with Crippen molar-refractivity contribution in [2.24, 2.45) is 0 Å². The molecule has 1 atom stereocenters. The second-order valence-corrected chi connectivity index (χ2v) is 12.5. The van der Waals surface area contributed by atoms with Crippen LogP contribution < -0.4 is 19.1 Å². The van der Waals surface area contributed by atoms with E-state index in [2.05, 4.69) is 5.32 Å². The zero-order valence-electron chi connectivity index (χ0n) is 26.5. The lowest BCUT2D eigenvalue weighted by atomic mass is 10.0. The molecule has 0 heterocycles. The monoisotopic (exact) mass is 643 g/mol. The molecule has 0 aromatic heterocycles. The summed E-state index contributed by atoms with van der Waals surface area (Å²) in [7, 11) is -2.65. The summed E-state index contributed by atoms with van der Waals surface area (Å²) in [5.74, 6) is 0.287. The van der Waals surface area contributed by atoms with Gasteiger partial charge in [-0.1, -0.05) is 67.6 Å². The molecular formula is C36H41N3O6S. The SMILES string of the molecule is CCCNC(=O)[C@@H](Cc1ccccc1)N(Cc1cccc(OC)c1)C(=O)CN(c1ccccc1)S(=O)(=O)c1ccc(OCC)cc1. The Morgan fingerprint density at radius 2 is 1.46 bits per heavy atom. The average molecular weight is 644 g/mol. The Labute approximate surface area is 271 Å². The Morgan fingerprint density at radius 3 is 2.09 bits per heavy atom. The number of hydrogen-bond donors (Lipinski definition) is 1. The van der Waals surface area contributed by atoms with Crippen LogP contribution in [-0.2, 0) is 32.6 Å². The number of sulfonamides is 1. The van der Waals surface area contributed by atoms with Crippen molar-refractivity contribution in [3.63, 3.8) is 0 Å². The number of nitrogens with one attached hydrogen (secondary N) is 1. The molecule has 0 saturated heterocycles. The standard InChI is InChI=1S/C36H41N3O6S/c1-4-23-37-36(41)34(25-28-13-8-6-9-14-28)38(26-29-15-12-18-32(24-29)44-3)35(40)27-39(30-16-10-7-11-17-30)46(42,43)33-21-19-31(20-22-33)45-5-2/h6-22,24,34H,4-5,23,25-27H2,1-3H3,(H,37,41)/t34-/m1/s1. The third kappa shape index (κ3) is 8.88. The van der Waals surface area contributed by atoms with Crippen molar-refractivity contribution in [2.75, 3.05) is 31.1 Å². The molecule has 4 rings (SSSR count). The fraction of sp³-hybridized carbons (Fsp3) is 0.278. The minimum Gasteiger partial charge on any atom is -0.497 e. The van der Waals surface area contributed by atoms with Crippen molar-refractivity contribution < 1.29 is 27.5 Å². The van der Waals surface area contributed by atoms with Crippen molar-refractivity contribution in [2.45, 2.75) is 44.2 Å². The summed E-state index contributed by atoms with van der Waals surface area (Å²) in [6, 6.07) is 30.4. The highest BCUT2D eigenvalue weighted by molar-refractivity contribution is 7.92. The first-order chi connectivity index (χ1) is 22.3. The number of hydrogen-bond acceptors (Lipinski definition) is 6. The highest BCUT2D eigenvalue weighted by Gasteiger charge is 2.34. The van der Waals surface area contributed by atoms with E-state index >= 15 is 0 Å². The van der Waals surface area contributed by atoms with Crippen LogP contribution in [0.15, 0.2) is 114 Å². The van der Waals surface area contributed by atoms with E-state index in [1.165, 1.54) is 17.0 Å². The minimum atomic E-state index is -4.21. The third-order valence-electron chi connectivity index (χ3n) is 7.35. The van der Waals surface area contributed by atoms with E-state index < -0.39 is 28.5 Å². The number of para-hydroxylation sites is 1. The van der Waals surface area contributed by atoms with Crippen molar-refractivity contribution in [1.82, 2.24) is 10.2 Å². The van der Waals surface area contributed by atoms with Crippen molar-refractivity contribution in [3.05, 3.63) is 120 Å². The molecule has 0 bridgehead atoms. The van der Waals surface area contributed by atoms with Crippen molar-refractivity contribution in [3.8, 4) is 11.5 Å². The van der Waals surface area contributed by atoms with Crippen molar-refractivity contribution >= 4 is 27.5 Å². The molecule has 46 heavy (non-hydrogen) atoms. The molecule has 0 unspecified atom stereocenters. The predicted octanol–water partition coefficient (Wildman–Crippen LogP) is 5.46. The predicted molar refractivity (Wildman–Crippen MR) is 179 cm³/mol. The molecule has 0 spiro atoms. The van der Waals surface area contributed by atoms with Gasteiger partial charge < -0.3 is 19.7 Å². The molecule has 2 amide bonds. The summed E-state index contributed by atoms with van der Waals surface area (Å²) < 4.78 is 40.3. The van der Waals surface area contributed by atoms with Crippen LogP contribution in [0.4, 0.5) is 5.69 Å². The molecule has 10 heteroatoms. The number of methoxy groups -OCH3 is 1. The van der Waals surface area contributed by atoms with Crippen LogP contribution in [0.2, 0.25) is 0 Å². The Hall–Kier alpha value is -4.83. The Kier molecular flexibility index (Phi) is 12.2. The summed E-state index contributed by atoms with van der Waals surface area (Å²) in [4.78, 5) is 29.7. The molecule has 4 aromatic carbocycles. The Bertz CT molecular complexity index is 1670. The lowest BCUT2D eigenvalue weighted by molar-refractivity contribution is -0.140. The topological polar surface area (TPSA) is 105 Å². The van der Waals surface area contributed by atoms with E-state index in [1.807, 2.05) is 56.3 Å². The number of carbonyl (C=O) groups is 2. The van der Waals surface area contributed by atoms with E-state index in [-0.39, 0.29) is 23.8 Å². The third-order valence-corrected chi connectivity index (χ3v) is 9.14. The maximum absolute atomic E-state index is 14.5. The van der Waals surface area contributed by atoms with Gasteiger partial charge in [-0.2, -0.15) is 0 Å². The van der Waals surface area contributed by atoms with Crippen LogP contribution in [0, 0.1) is 0 Å². The first-order valence-electron chi connectivity index (χ1n) is 15.3. The Balaban J connectivity index is 1.77. The fourth-order valence-corrected chi connectivity index (χ4v) is 6.43. The first-order valence-corrected chi connectivity index (χ1v) is 16.8. The van der Waals surface area contributed by atoms with Gasteiger partial charge in [-0.05, 0) is 73.0 Å². The van der Waals surface area contributed by atoms with Gasteiger partial charge in [0, 0.05) is 19.5 Å². The highest BCUT2D eigenvalue weighted by atomic mass is 32.2. The molecule has 0 saturated carbocycles. The molecule has 242 valence electrons. The highest BCUT2D eigenvalue weighted by Crippen LogP contribution is 2.26. The molecule has 0 radical (unpaired) electrons. The van der Waals surface area contributed by atoms with E-state index in [0.29, 0.717) is 30.3 Å². The van der Waals surface area contributed by atoms with Crippen LogP contribution >= 0.6 is 0 Å². The summed E-state index contributed by atoms with van der Waals surface area (Å²) in [5, 5.41) is 2.95. The van der Waals surface area contributed by atoms with Gasteiger partial charge in [-0.15, -0.1) is 0 Å². The molecule has 4 aromatic rings. The van der Waals surface area contributed by atoms with E-state index in [4.69, 9.17) is 9.47 Å². The van der Waals surface area contributed by atoms with E-state index in [1.54, 1.807) is 61.7 Å². The number of amides is 2. The quantitative estimate of drug-likeness (QED) is 0.174. The number of ether oxygens (including phenoxy) is 2. The average Bonchev–Trinajstić information content (AvgIpc) is 3.08. The lowest BCUT2D eigenvalue weighted by Crippen LogP contribution is -2.53. The molecule has 0 fully saturated rings. The molecule has 0 aliphatic heterocycles. The second-order valence-electron chi connectivity index (χ2n) is 10.6. The normalized spacial score (nSPS) is 11.7. The molecule has 1 N–H and O–H groups in total. The fourth-order valence-electron chi connectivity index (χ4n) is 5.01. The molecule has 9 nitrogen and oxygen atoms in total. The zero-order valence-corrected chi connectivity index (χ0v) is 27.3. The van der Waals surface area contributed by atoms with Gasteiger partial charge in [-0.3, -0.25) is 13.9 Å². The number of carbonyl (C=O) groups excluding carboxylic acids is 2. The smallest absolute Gasteiger partial charge is 0.264 e. The number of anilines is 1. The van der Waals surface area contributed by atoms with Crippen LogP contribution in [0.5, 0.6) is 11.5 Å². The van der Waals surface area contributed by atoms with Crippen LogP contribution in [0.1, 0.15) is 31.4 Å². The first kappa shape index (κ1) is 34.1. The van der Waals surface area contributed by atoms with E-state index in [0.717, 1.165) is 21.9 Å². The minimum absolute atomic E-state index is 0.00785. The van der Waals surface area contributed by atoms with Gasteiger partial charge in [0.05, 0.1) is 24.3 Å². The lowest BCUT2D eigenvalue weighted by Gasteiger charge is -2.34. The van der Waals surface area contributed by atoms with Gasteiger partial charge in [0.15, 0.2) is 0 Å². The van der Waals surface area contributed by atoms with E-state index in [9.17, 15) is 18.0 Å². The maximum atomic E-state index is 14.5. The molecular weight excluding hydrogens is 602 g/mol. The zero-order chi connectivity index (χ0) is 32.9. The summed E-state index contributed by atoms with van der Waals surface area (Å²) in [6.45, 7) is 4.20. The maximum Gasteiger partial charge on any atom is 0.264 e. The van der Waals surface area contributed by atoms with Gasteiger partial charge in [0.1, 0.15) is 24.1 Å². The largest absolute Gasteiger partial charge is 0.497 e. The van der Waals surface area contributed by atoms with Crippen LogP contribution in [0.3, 0.4) is 0 Å². The van der Waals surface area contributed by atoms with Gasteiger partial charge in [0.2, 0.25) is 11.8 Å². The number of nitrogens with zero attached hydrogens (tertiary/aromatic N) is 2. The van der Waals surface area contributed by atoms with Crippen LogP contribution in [-0.4, -0.2) is 58.0 Å². The number of rotatable bonds is 16. The van der Waals surface area contributed by atoms with Gasteiger partial charge >= 0.3 is 0 Å². The van der Waals surface area contributed by atoms with Gasteiger partial charge in [0.25, 0.3) is 10.0 Å². The second kappa shape index (κ2) is 16.5.